The van der Waals surface area contributed by atoms with Crippen molar-refractivity contribution in [1.29, 1.82) is 0 Å². The third kappa shape index (κ3) is 5.30. The second kappa shape index (κ2) is 6.77. The van der Waals surface area contributed by atoms with E-state index < -0.39 is 0 Å². The van der Waals surface area contributed by atoms with Gasteiger partial charge in [0.1, 0.15) is 5.75 Å². The highest BCUT2D eigenvalue weighted by Crippen LogP contribution is 2.31. The van der Waals surface area contributed by atoms with E-state index in [4.69, 9.17) is 16.3 Å². The first kappa shape index (κ1) is 16.3. The lowest BCUT2D eigenvalue weighted by molar-refractivity contribution is 0.415. The molecule has 0 bridgehead atoms. The quantitative estimate of drug-likeness (QED) is 0.806. The fourth-order valence-corrected chi connectivity index (χ4v) is 2.40. The van der Waals surface area contributed by atoms with Gasteiger partial charge in [-0.3, -0.25) is 0 Å². The van der Waals surface area contributed by atoms with E-state index in [1.54, 1.807) is 12.1 Å². The van der Waals surface area contributed by atoms with Gasteiger partial charge in [-0.1, -0.05) is 17.7 Å². The topological polar surface area (TPSA) is 34.1 Å². The molecule has 0 saturated carbocycles. The minimum Gasteiger partial charge on any atom is -0.438 e. The van der Waals surface area contributed by atoms with E-state index in [9.17, 15) is 0 Å². The second-order valence-corrected chi connectivity index (χ2v) is 7.04. The van der Waals surface area contributed by atoms with Crippen molar-refractivity contribution in [1.82, 2.24) is 10.3 Å². The number of ether oxygens (including phenoxy) is 1. The average molecular weight is 370 g/mol. The molecule has 112 valence electrons. The molecule has 0 radical (unpaired) electrons. The molecule has 1 aromatic carbocycles. The van der Waals surface area contributed by atoms with Gasteiger partial charge in [0.25, 0.3) is 0 Å². The molecule has 0 saturated heterocycles. The van der Waals surface area contributed by atoms with Gasteiger partial charge in [0.05, 0.1) is 10.2 Å². The van der Waals surface area contributed by atoms with E-state index in [-0.39, 0.29) is 5.54 Å². The fourth-order valence-electron chi connectivity index (χ4n) is 1.64. The second-order valence-electron chi connectivity index (χ2n) is 5.75. The van der Waals surface area contributed by atoms with E-state index in [0.29, 0.717) is 23.2 Å². The summed E-state index contributed by atoms with van der Waals surface area (Å²) in [4.78, 5) is 4.50. The molecule has 0 spiro atoms. The summed E-state index contributed by atoms with van der Waals surface area (Å²) in [5.74, 6) is 1.25. The minimum absolute atomic E-state index is 0.0533. The standard InChI is InChI=1S/C16H18BrClN2O/c1-16(2,3)19-10-12-5-4-6-15(20-12)21-14-8-7-11(18)9-13(14)17/h4-9,19H,10H2,1-3H3. The number of pyridine rings is 1. The molecule has 0 fully saturated rings. The summed E-state index contributed by atoms with van der Waals surface area (Å²) < 4.78 is 6.59. The number of hydrogen-bond acceptors (Lipinski definition) is 3. The molecule has 0 unspecified atom stereocenters. The zero-order valence-corrected chi connectivity index (χ0v) is 14.6. The summed E-state index contributed by atoms with van der Waals surface area (Å²) in [7, 11) is 0. The SMILES string of the molecule is CC(C)(C)NCc1cccc(Oc2ccc(Cl)cc2Br)n1. The number of nitrogens with zero attached hydrogens (tertiary/aromatic N) is 1. The Hall–Kier alpha value is -1.10. The van der Waals surface area contributed by atoms with Crippen LogP contribution in [0.3, 0.4) is 0 Å². The van der Waals surface area contributed by atoms with Crippen LogP contribution in [-0.2, 0) is 6.54 Å². The van der Waals surface area contributed by atoms with Crippen molar-refractivity contribution in [3.05, 3.63) is 51.6 Å². The molecule has 1 N–H and O–H groups in total. The van der Waals surface area contributed by atoms with Crippen LogP contribution in [0.2, 0.25) is 5.02 Å². The van der Waals surface area contributed by atoms with E-state index in [1.807, 2.05) is 24.3 Å². The van der Waals surface area contributed by atoms with Gasteiger partial charge in [-0.05, 0) is 61.0 Å². The first-order chi connectivity index (χ1) is 9.83. The van der Waals surface area contributed by atoms with Crippen molar-refractivity contribution in [3.63, 3.8) is 0 Å². The van der Waals surface area contributed by atoms with Crippen LogP contribution >= 0.6 is 27.5 Å². The largest absolute Gasteiger partial charge is 0.438 e. The monoisotopic (exact) mass is 368 g/mol. The highest BCUT2D eigenvalue weighted by Gasteiger charge is 2.10. The summed E-state index contributed by atoms with van der Waals surface area (Å²) in [6.07, 6.45) is 0. The molecule has 1 aromatic heterocycles. The zero-order chi connectivity index (χ0) is 15.5. The predicted molar refractivity (Wildman–Crippen MR) is 90.1 cm³/mol. The van der Waals surface area contributed by atoms with Gasteiger partial charge in [-0.25, -0.2) is 4.98 Å². The van der Waals surface area contributed by atoms with Crippen molar-refractivity contribution < 1.29 is 4.74 Å². The number of hydrogen-bond donors (Lipinski definition) is 1. The lowest BCUT2D eigenvalue weighted by Gasteiger charge is -2.20. The zero-order valence-electron chi connectivity index (χ0n) is 12.3. The maximum absolute atomic E-state index is 5.92. The van der Waals surface area contributed by atoms with Gasteiger partial charge in [0, 0.05) is 23.2 Å². The summed E-state index contributed by atoms with van der Waals surface area (Å²) in [5.41, 5.74) is 0.991. The van der Waals surface area contributed by atoms with Crippen LogP contribution in [-0.4, -0.2) is 10.5 Å². The number of benzene rings is 1. The number of aromatic nitrogens is 1. The van der Waals surface area contributed by atoms with Crippen LogP contribution in [0.1, 0.15) is 26.5 Å². The van der Waals surface area contributed by atoms with Gasteiger partial charge in [-0.2, -0.15) is 0 Å². The lowest BCUT2D eigenvalue weighted by Crippen LogP contribution is -2.35. The lowest BCUT2D eigenvalue weighted by atomic mass is 10.1. The minimum atomic E-state index is 0.0533. The van der Waals surface area contributed by atoms with Crippen molar-refractivity contribution in [2.75, 3.05) is 0 Å². The van der Waals surface area contributed by atoms with Crippen LogP contribution in [0.4, 0.5) is 0 Å². The van der Waals surface area contributed by atoms with Gasteiger partial charge in [0.2, 0.25) is 5.88 Å². The van der Waals surface area contributed by atoms with E-state index in [1.165, 1.54) is 0 Å². The molecule has 21 heavy (non-hydrogen) atoms. The highest BCUT2D eigenvalue weighted by molar-refractivity contribution is 9.10. The molecular weight excluding hydrogens is 352 g/mol. The molecule has 5 heteroatoms. The third-order valence-corrected chi connectivity index (χ3v) is 3.54. The fraction of sp³-hybridized carbons (Fsp3) is 0.312. The summed E-state index contributed by atoms with van der Waals surface area (Å²) in [6.45, 7) is 7.07. The Bertz CT molecular complexity index is 626. The van der Waals surface area contributed by atoms with Crippen LogP contribution in [0.5, 0.6) is 11.6 Å². The Morgan fingerprint density at radius 3 is 2.67 bits per heavy atom. The maximum Gasteiger partial charge on any atom is 0.219 e. The highest BCUT2D eigenvalue weighted by atomic mass is 79.9. The first-order valence-corrected chi connectivity index (χ1v) is 7.84. The number of rotatable bonds is 4. The van der Waals surface area contributed by atoms with Crippen LogP contribution in [0.25, 0.3) is 0 Å². The molecule has 0 atom stereocenters. The first-order valence-electron chi connectivity index (χ1n) is 6.67. The molecule has 3 nitrogen and oxygen atoms in total. The Morgan fingerprint density at radius 1 is 1.24 bits per heavy atom. The molecule has 0 amide bonds. The third-order valence-electron chi connectivity index (χ3n) is 2.69. The Balaban J connectivity index is 2.10. The number of halogens is 2. The Labute approximate surface area is 138 Å². The number of nitrogens with one attached hydrogen (secondary N) is 1. The van der Waals surface area contributed by atoms with Crippen molar-refractivity contribution >= 4 is 27.5 Å². The molecule has 2 aromatic rings. The van der Waals surface area contributed by atoms with Crippen LogP contribution in [0, 0.1) is 0 Å². The summed E-state index contributed by atoms with van der Waals surface area (Å²) in [6, 6.07) is 11.1. The van der Waals surface area contributed by atoms with Gasteiger partial charge < -0.3 is 10.1 Å². The van der Waals surface area contributed by atoms with E-state index >= 15 is 0 Å². The molecule has 0 aliphatic rings. The average Bonchev–Trinajstić information content (AvgIpc) is 2.39. The molecule has 0 aliphatic heterocycles. The summed E-state index contributed by atoms with van der Waals surface area (Å²) in [5, 5.41) is 4.06. The van der Waals surface area contributed by atoms with E-state index in [2.05, 4.69) is 47.0 Å². The van der Waals surface area contributed by atoms with Gasteiger partial charge in [0.15, 0.2) is 0 Å². The summed E-state index contributed by atoms with van der Waals surface area (Å²) >= 11 is 9.35. The smallest absolute Gasteiger partial charge is 0.219 e. The van der Waals surface area contributed by atoms with Crippen LogP contribution < -0.4 is 10.1 Å². The van der Waals surface area contributed by atoms with Crippen LogP contribution in [0.15, 0.2) is 40.9 Å². The maximum atomic E-state index is 5.92. The molecule has 0 aliphatic carbocycles. The molecular formula is C16H18BrClN2O. The Morgan fingerprint density at radius 2 is 2.00 bits per heavy atom. The van der Waals surface area contributed by atoms with Crippen molar-refractivity contribution in [3.8, 4) is 11.6 Å². The molecule has 2 rings (SSSR count). The Kier molecular flexibility index (Phi) is 5.25. The van der Waals surface area contributed by atoms with Gasteiger partial charge >= 0.3 is 0 Å². The molecule has 1 heterocycles. The van der Waals surface area contributed by atoms with E-state index in [0.717, 1.165) is 10.2 Å². The van der Waals surface area contributed by atoms with Gasteiger partial charge in [-0.15, -0.1) is 0 Å². The predicted octanol–water partition coefficient (Wildman–Crippen LogP) is 5.18. The van der Waals surface area contributed by atoms with Crippen molar-refractivity contribution in [2.45, 2.75) is 32.9 Å². The van der Waals surface area contributed by atoms with Crippen molar-refractivity contribution in [2.24, 2.45) is 0 Å². The normalized spacial score (nSPS) is 11.5.